The molecule has 180 valence electrons. The highest BCUT2D eigenvalue weighted by Gasteiger charge is 2.49. The van der Waals surface area contributed by atoms with E-state index in [0.29, 0.717) is 25.0 Å². The molecule has 1 atom stereocenters. The molecule has 35 heavy (non-hydrogen) atoms. The molecule has 9 nitrogen and oxygen atoms in total. The average molecular weight is 475 g/mol. The molecule has 0 radical (unpaired) electrons. The van der Waals surface area contributed by atoms with Crippen LogP contribution in [0.1, 0.15) is 49.3 Å². The largest absolute Gasteiger partial charge is 0.497 e. The van der Waals surface area contributed by atoms with Gasteiger partial charge in [-0.3, -0.25) is 19.3 Å². The second-order valence-electron chi connectivity index (χ2n) is 8.93. The molecule has 1 aliphatic carbocycles. The zero-order valence-corrected chi connectivity index (χ0v) is 19.4. The molecule has 2 heterocycles. The molecule has 0 bridgehead atoms. The van der Waals surface area contributed by atoms with Crippen molar-refractivity contribution in [3.63, 3.8) is 0 Å². The van der Waals surface area contributed by atoms with Crippen LogP contribution in [0.5, 0.6) is 5.75 Å². The Morgan fingerprint density at radius 1 is 0.971 bits per heavy atom. The number of hydrogen-bond acceptors (Lipinski definition) is 6. The Balaban J connectivity index is 1.41. The Kier molecular flexibility index (Phi) is 6.07. The molecular formula is C26H26N4O5. The van der Waals surface area contributed by atoms with E-state index in [0.717, 1.165) is 39.5 Å². The quantitative estimate of drug-likeness (QED) is 0.473. The van der Waals surface area contributed by atoms with E-state index in [1.807, 2.05) is 54.6 Å². The van der Waals surface area contributed by atoms with Gasteiger partial charge in [0.25, 0.3) is 5.91 Å². The van der Waals surface area contributed by atoms with Gasteiger partial charge in [-0.2, -0.15) is 5.10 Å². The Morgan fingerprint density at radius 2 is 1.66 bits per heavy atom. The minimum absolute atomic E-state index is 0.277. The molecule has 9 heteroatoms. The summed E-state index contributed by atoms with van der Waals surface area (Å²) in [5.41, 5.74) is 2.45. The van der Waals surface area contributed by atoms with Crippen molar-refractivity contribution in [2.45, 2.75) is 44.2 Å². The molecule has 2 aromatic rings. The van der Waals surface area contributed by atoms with Crippen molar-refractivity contribution in [3.05, 3.63) is 65.7 Å². The average Bonchev–Trinajstić information content (AvgIpc) is 3.62. The molecule has 0 N–H and O–H groups in total. The number of imide groups is 2. The van der Waals surface area contributed by atoms with E-state index in [1.54, 1.807) is 7.11 Å². The van der Waals surface area contributed by atoms with Gasteiger partial charge in [-0.25, -0.2) is 14.7 Å². The topological polar surface area (TPSA) is 99.6 Å². The van der Waals surface area contributed by atoms with Crippen LogP contribution in [0.3, 0.4) is 0 Å². The zero-order chi connectivity index (χ0) is 24.5. The van der Waals surface area contributed by atoms with E-state index in [2.05, 4.69) is 5.10 Å². The lowest BCUT2D eigenvalue weighted by Gasteiger charge is -2.24. The second-order valence-corrected chi connectivity index (χ2v) is 8.93. The van der Waals surface area contributed by atoms with Gasteiger partial charge in [0.1, 0.15) is 12.3 Å². The summed E-state index contributed by atoms with van der Waals surface area (Å²) in [5.74, 6) is -1.65. The van der Waals surface area contributed by atoms with Crippen molar-refractivity contribution in [2.75, 3.05) is 13.7 Å². The summed E-state index contributed by atoms with van der Waals surface area (Å²) in [7, 11) is 1.58. The number of carbonyl (C=O) groups excluding carboxylic acids is 4. The second kappa shape index (κ2) is 9.32. The monoisotopic (exact) mass is 474 g/mol. The van der Waals surface area contributed by atoms with Gasteiger partial charge in [-0.1, -0.05) is 55.3 Å². The van der Waals surface area contributed by atoms with Crippen LogP contribution >= 0.6 is 0 Å². The molecule has 2 fully saturated rings. The highest BCUT2D eigenvalue weighted by molar-refractivity contribution is 6.45. The van der Waals surface area contributed by atoms with Crippen LogP contribution in [0.25, 0.3) is 0 Å². The van der Waals surface area contributed by atoms with Crippen molar-refractivity contribution in [2.24, 2.45) is 5.10 Å². The molecule has 2 aliphatic heterocycles. The van der Waals surface area contributed by atoms with Crippen molar-refractivity contribution in [3.8, 4) is 5.75 Å². The highest BCUT2D eigenvalue weighted by atomic mass is 16.5. The minimum Gasteiger partial charge on any atom is -0.497 e. The van der Waals surface area contributed by atoms with Crippen LogP contribution in [-0.2, 0) is 14.4 Å². The molecule has 1 saturated carbocycles. The third-order valence-corrected chi connectivity index (χ3v) is 6.84. The maximum absolute atomic E-state index is 13.4. The lowest BCUT2D eigenvalue weighted by Crippen LogP contribution is -2.43. The van der Waals surface area contributed by atoms with Crippen LogP contribution in [-0.4, -0.2) is 64.0 Å². The van der Waals surface area contributed by atoms with Crippen LogP contribution in [0.2, 0.25) is 0 Å². The van der Waals surface area contributed by atoms with E-state index in [-0.39, 0.29) is 6.04 Å². The van der Waals surface area contributed by atoms with Crippen molar-refractivity contribution in [1.29, 1.82) is 0 Å². The Bertz CT molecular complexity index is 1190. The van der Waals surface area contributed by atoms with Crippen molar-refractivity contribution < 1.29 is 23.9 Å². The summed E-state index contributed by atoms with van der Waals surface area (Å²) in [6.45, 7) is -0.537. The SMILES string of the molecule is COc1ccc(C2CC(c3ccccc3)=NN2C(=O)CN2C(=O)C(=O)N(C3CCCC3)C2=O)cc1. The number of rotatable bonds is 6. The molecule has 0 aromatic heterocycles. The molecule has 2 aromatic carbocycles. The lowest BCUT2D eigenvalue weighted by molar-refractivity contribution is -0.145. The van der Waals surface area contributed by atoms with Crippen LogP contribution in [0, 0.1) is 0 Å². The summed E-state index contributed by atoms with van der Waals surface area (Å²) in [4.78, 5) is 53.4. The maximum atomic E-state index is 13.4. The van der Waals surface area contributed by atoms with Gasteiger partial charge in [0.15, 0.2) is 0 Å². The molecule has 5 amide bonds. The van der Waals surface area contributed by atoms with Gasteiger partial charge in [-0.15, -0.1) is 0 Å². The lowest BCUT2D eigenvalue weighted by atomic mass is 9.98. The number of hydrogen-bond donors (Lipinski definition) is 0. The van der Waals surface area contributed by atoms with E-state index in [4.69, 9.17) is 4.74 Å². The van der Waals surface area contributed by atoms with E-state index in [1.165, 1.54) is 5.01 Å². The first kappa shape index (κ1) is 22.8. The summed E-state index contributed by atoms with van der Waals surface area (Å²) < 4.78 is 5.24. The normalized spacial score (nSPS) is 20.7. The van der Waals surface area contributed by atoms with Crippen LogP contribution in [0.4, 0.5) is 4.79 Å². The minimum atomic E-state index is -0.956. The molecular weight excluding hydrogens is 448 g/mol. The Morgan fingerprint density at radius 3 is 2.31 bits per heavy atom. The fourth-order valence-corrected chi connectivity index (χ4v) is 4.98. The number of urea groups is 1. The molecule has 3 aliphatic rings. The summed E-state index contributed by atoms with van der Waals surface area (Å²) in [6, 6.07) is 15.5. The third-order valence-electron chi connectivity index (χ3n) is 6.84. The van der Waals surface area contributed by atoms with Gasteiger partial charge in [-0.05, 0) is 36.1 Å². The van der Waals surface area contributed by atoms with E-state index < -0.39 is 36.3 Å². The van der Waals surface area contributed by atoms with Gasteiger partial charge >= 0.3 is 17.8 Å². The molecule has 1 saturated heterocycles. The predicted octanol–water partition coefficient (Wildman–Crippen LogP) is 3.11. The Labute approximate surface area is 202 Å². The first-order valence-corrected chi connectivity index (χ1v) is 11.8. The first-order valence-electron chi connectivity index (χ1n) is 11.8. The van der Waals surface area contributed by atoms with E-state index in [9.17, 15) is 19.2 Å². The van der Waals surface area contributed by atoms with Gasteiger partial charge in [0, 0.05) is 12.5 Å². The van der Waals surface area contributed by atoms with Crippen LogP contribution < -0.4 is 4.74 Å². The zero-order valence-electron chi connectivity index (χ0n) is 19.4. The number of methoxy groups -OCH3 is 1. The smallest absolute Gasteiger partial charge is 0.334 e. The summed E-state index contributed by atoms with van der Waals surface area (Å²) in [5, 5.41) is 5.91. The van der Waals surface area contributed by atoms with Crippen LogP contribution in [0.15, 0.2) is 59.7 Å². The fourth-order valence-electron chi connectivity index (χ4n) is 4.98. The predicted molar refractivity (Wildman–Crippen MR) is 126 cm³/mol. The van der Waals surface area contributed by atoms with Crippen molar-refractivity contribution >= 4 is 29.5 Å². The van der Waals surface area contributed by atoms with E-state index >= 15 is 0 Å². The number of amides is 5. The number of benzene rings is 2. The molecule has 5 rings (SSSR count). The standard InChI is InChI=1S/C26H26N4O5/c1-35-20-13-11-18(12-14-20)22-15-21(17-7-3-2-4-8-17)27-30(22)23(31)16-28-24(32)25(33)29(26(28)34)19-9-5-6-10-19/h2-4,7-8,11-14,19,22H,5-6,9-10,15-16H2,1H3. The summed E-state index contributed by atoms with van der Waals surface area (Å²) >= 11 is 0. The summed E-state index contributed by atoms with van der Waals surface area (Å²) in [6.07, 6.45) is 3.65. The van der Waals surface area contributed by atoms with Gasteiger partial charge < -0.3 is 4.74 Å². The molecule has 0 spiro atoms. The third kappa shape index (κ3) is 4.18. The number of ether oxygens (including phenoxy) is 1. The van der Waals surface area contributed by atoms with Crippen molar-refractivity contribution in [1.82, 2.24) is 14.8 Å². The number of nitrogens with zero attached hydrogens (tertiary/aromatic N) is 4. The molecule has 1 unspecified atom stereocenters. The number of hydrazone groups is 1. The van der Waals surface area contributed by atoms with Gasteiger partial charge in [0.2, 0.25) is 0 Å². The first-order chi connectivity index (χ1) is 17.0. The number of carbonyl (C=O) groups is 4. The van der Waals surface area contributed by atoms with Gasteiger partial charge in [0.05, 0.1) is 18.9 Å². The maximum Gasteiger partial charge on any atom is 0.334 e. The Hall–Kier alpha value is -4.01. The highest BCUT2D eigenvalue weighted by Crippen LogP contribution is 2.34. The fraction of sp³-hybridized carbons (Fsp3) is 0.346.